The molecule has 2 rings (SSSR count). The molecule has 1 saturated carbocycles. The number of nitrogens with zero attached hydrogens (tertiary/aromatic N) is 3. The smallest absolute Gasteiger partial charge is 0.292 e. The van der Waals surface area contributed by atoms with Gasteiger partial charge in [-0.25, -0.2) is 0 Å². The average Bonchev–Trinajstić information content (AvgIpc) is 3.23. The lowest BCUT2D eigenvalue weighted by Gasteiger charge is -2.23. The third-order valence-corrected chi connectivity index (χ3v) is 3.80. The molecule has 0 amide bonds. The number of rotatable bonds is 6. The first-order valence-corrected chi connectivity index (χ1v) is 7.26. The van der Waals surface area contributed by atoms with E-state index in [4.69, 9.17) is 5.26 Å². The number of nitro groups is 1. The Hall–Kier alpha value is -1.61. The molecule has 0 spiro atoms. The van der Waals surface area contributed by atoms with Crippen molar-refractivity contribution in [3.8, 4) is 6.07 Å². The second kappa shape index (κ2) is 6.02. The van der Waals surface area contributed by atoms with Gasteiger partial charge in [-0.1, -0.05) is 22.0 Å². The van der Waals surface area contributed by atoms with Gasteiger partial charge in [0.15, 0.2) is 0 Å². The van der Waals surface area contributed by atoms with Crippen LogP contribution >= 0.6 is 15.9 Å². The Balaban J connectivity index is 2.35. The van der Waals surface area contributed by atoms with Crippen molar-refractivity contribution in [3.05, 3.63) is 33.9 Å². The molecule has 0 unspecified atom stereocenters. The molecule has 0 saturated heterocycles. The van der Waals surface area contributed by atoms with Gasteiger partial charge in [0.2, 0.25) is 0 Å². The van der Waals surface area contributed by atoms with Crippen LogP contribution in [0.2, 0.25) is 0 Å². The van der Waals surface area contributed by atoms with Gasteiger partial charge in [-0.15, -0.1) is 0 Å². The minimum Gasteiger partial charge on any atom is -0.362 e. The first-order chi connectivity index (χ1) is 9.17. The molecule has 5 nitrogen and oxygen atoms in total. The fraction of sp³-hybridized carbons (Fsp3) is 0.462. The molecular weight excluding hydrogens is 310 g/mol. The number of alkyl halides is 1. The predicted molar refractivity (Wildman–Crippen MR) is 76.3 cm³/mol. The lowest BCUT2D eigenvalue weighted by atomic mass is 10.1. The van der Waals surface area contributed by atoms with Gasteiger partial charge in [0.1, 0.15) is 5.69 Å². The minimum atomic E-state index is -0.344. The molecule has 0 N–H and O–H groups in total. The van der Waals surface area contributed by atoms with Crippen LogP contribution in [0.3, 0.4) is 0 Å². The zero-order valence-electron chi connectivity index (χ0n) is 10.4. The molecule has 6 heteroatoms. The third-order valence-electron chi connectivity index (χ3n) is 3.15. The molecule has 0 radical (unpaired) electrons. The number of hydrogen-bond acceptors (Lipinski definition) is 4. The SMILES string of the molecule is N#CCCN(c1ccc(CBr)cc1[N+](=O)[O-])C1CC1. The van der Waals surface area contributed by atoms with Crippen molar-refractivity contribution in [3.63, 3.8) is 0 Å². The monoisotopic (exact) mass is 323 g/mol. The van der Waals surface area contributed by atoms with Crippen molar-refractivity contribution < 1.29 is 4.92 Å². The maximum absolute atomic E-state index is 11.2. The van der Waals surface area contributed by atoms with E-state index in [9.17, 15) is 10.1 Å². The highest BCUT2D eigenvalue weighted by Crippen LogP contribution is 2.37. The standard InChI is InChI=1S/C13H14BrN3O2/c14-9-10-2-5-12(13(8-10)17(18)19)16(7-1-6-15)11-3-4-11/h2,5,8,11H,1,3-4,7,9H2. The Morgan fingerprint density at radius 3 is 2.79 bits per heavy atom. The van der Waals surface area contributed by atoms with Gasteiger partial charge in [-0.2, -0.15) is 5.26 Å². The molecule has 1 aromatic carbocycles. The Morgan fingerprint density at radius 1 is 1.53 bits per heavy atom. The highest BCUT2D eigenvalue weighted by atomic mass is 79.9. The summed E-state index contributed by atoms with van der Waals surface area (Å²) in [5.74, 6) is 0. The largest absolute Gasteiger partial charge is 0.362 e. The Labute approximate surface area is 120 Å². The molecule has 19 heavy (non-hydrogen) atoms. The number of nitro benzene ring substituents is 1. The zero-order chi connectivity index (χ0) is 13.8. The van der Waals surface area contributed by atoms with Gasteiger partial charge in [-0.05, 0) is 24.5 Å². The fourth-order valence-corrected chi connectivity index (χ4v) is 2.45. The van der Waals surface area contributed by atoms with Gasteiger partial charge in [0, 0.05) is 24.0 Å². The van der Waals surface area contributed by atoms with Crippen LogP contribution in [0.25, 0.3) is 0 Å². The molecule has 1 fully saturated rings. The summed E-state index contributed by atoms with van der Waals surface area (Å²) >= 11 is 3.31. The molecule has 1 aromatic rings. The zero-order valence-corrected chi connectivity index (χ0v) is 12.0. The van der Waals surface area contributed by atoms with Crippen LogP contribution in [-0.2, 0) is 5.33 Å². The number of halogens is 1. The average molecular weight is 324 g/mol. The number of nitriles is 1. The molecule has 0 atom stereocenters. The summed E-state index contributed by atoms with van der Waals surface area (Å²) in [4.78, 5) is 12.9. The van der Waals surface area contributed by atoms with Crippen LogP contribution in [0.4, 0.5) is 11.4 Å². The lowest BCUT2D eigenvalue weighted by molar-refractivity contribution is -0.384. The van der Waals surface area contributed by atoms with Gasteiger partial charge in [0.25, 0.3) is 5.69 Å². The summed E-state index contributed by atoms with van der Waals surface area (Å²) in [6.45, 7) is 0.551. The quantitative estimate of drug-likeness (QED) is 0.457. The van der Waals surface area contributed by atoms with E-state index in [1.807, 2.05) is 11.0 Å². The molecule has 0 aliphatic heterocycles. The van der Waals surface area contributed by atoms with Crippen LogP contribution in [-0.4, -0.2) is 17.5 Å². The summed E-state index contributed by atoms with van der Waals surface area (Å²) in [6.07, 6.45) is 2.47. The van der Waals surface area contributed by atoms with Crippen molar-refractivity contribution in [2.24, 2.45) is 0 Å². The highest BCUT2D eigenvalue weighted by molar-refractivity contribution is 9.08. The Bertz CT molecular complexity index is 523. The second-order valence-corrected chi connectivity index (χ2v) is 5.11. The summed E-state index contributed by atoms with van der Waals surface area (Å²) in [7, 11) is 0. The topological polar surface area (TPSA) is 70.2 Å². The van der Waals surface area contributed by atoms with Crippen molar-refractivity contribution in [2.75, 3.05) is 11.4 Å². The Morgan fingerprint density at radius 2 is 2.26 bits per heavy atom. The van der Waals surface area contributed by atoms with E-state index >= 15 is 0 Å². The Kier molecular flexibility index (Phi) is 4.38. The maximum Gasteiger partial charge on any atom is 0.292 e. The number of anilines is 1. The molecule has 0 aromatic heterocycles. The molecule has 1 aliphatic carbocycles. The third kappa shape index (κ3) is 3.24. The second-order valence-electron chi connectivity index (χ2n) is 4.55. The van der Waals surface area contributed by atoms with Crippen LogP contribution in [0.15, 0.2) is 18.2 Å². The van der Waals surface area contributed by atoms with Crippen LogP contribution in [0.5, 0.6) is 0 Å². The fourth-order valence-electron chi connectivity index (χ4n) is 2.10. The van der Waals surface area contributed by atoms with Gasteiger partial charge < -0.3 is 4.90 Å². The normalized spacial score (nSPS) is 13.9. The molecule has 1 aliphatic rings. The van der Waals surface area contributed by atoms with Gasteiger partial charge >= 0.3 is 0 Å². The minimum absolute atomic E-state index is 0.127. The predicted octanol–water partition coefficient (Wildman–Crippen LogP) is 3.37. The van der Waals surface area contributed by atoms with Gasteiger partial charge in [-0.3, -0.25) is 10.1 Å². The van der Waals surface area contributed by atoms with Crippen molar-refractivity contribution in [1.82, 2.24) is 0 Å². The van der Waals surface area contributed by atoms with E-state index < -0.39 is 0 Å². The van der Waals surface area contributed by atoms with E-state index in [0.717, 1.165) is 18.4 Å². The molecule has 0 heterocycles. The van der Waals surface area contributed by atoms with Crippen LogP contribution < -0.4 is 4.90 Å². The van der Waals surface area contributed by atoms with E-state index in [1.165, 1.54) is 0 Å². The number of hydrogen-bond donors (Lipinski definition) is 0. The van der Waals surface area contributed by atoms with Crippen molar-refractivity contribution >= 4 is 27.3 Å². The van der Waals surface area contributed by atoms with Gasteiger partial charge in [0.05, 0.1) is 17.4 Å². The maximum atomic E-state index is 11.2. The first kappa shape index (κ1) is 13.8. The van der Waals surface area contributed by atoms with E-state index in [2.05, 4.69) is 22.0 Å². The van der Waals surface area contributed by atoms with E-state index in [0.29, 0.717) is 30.0 Å². The first-order valence-electron chi connectivity index (χ1n) is 6.14. The van der Waals surface area contributed by atoms with E-state index in [1.54, 1.807) is 12.1 Å². The number of benzene rings is 1. The summed E-state index contributed by atoms with van der Waals surface area (Å²) in [6, 6.07) is 7.74. The summed E-state index contributed by atoms with van der Waals surface area (Å²) < 4.78 is 0. The summed E-state index contributed by atoms with van der Waals surface area (Å²) in [5, 5.41) is 20.5. The highest BCUT2D eigenvalue weighted by Gasteiger charge is 2.32. The lowest BCUT2D eigenvalue weighted by Crippen LogP contribution is -2.27. The molecular formula is C13H14BrN3O2. The van der Waals surface area contributed by atoms with Crippen molar-refractivity contribution in [2.45, 2.75) is 30.6 Å². The molecule has 0 bridgehead atoms. The van der Waals surface area contributed by atoms with E-state index in [-0.39, 0.29) is 10.6 Å². The van der Waals surface area contributed by atoms with Crippen LogP contribution in [0, 0.1) is 21.4 Å². The van der Waals surface area contributed by atoms with Crippen LogP contribution in [0.1, 0.15) is 24.8 Å². The summed E-state index contributed by atoms with van der Waals surface area (Å²) in [5.41, 5.74) is 1.64. The van der Waals surface area contributed by atoms with Crippen molar-refractivity contribution in [1.29, 1.82) is 5.26 Å². The molecule has 100 valence electrons.